The van der Waals surface area contributed by atoms with Crippen LogP contribution in [0.25, 0.3) is 0 Å². The number of hydrogen-bond donors (Lipinski definition) is 0. The molecule has 1 fully saturated rings. The molecule has 2 aliphatic rings. The summed E-state index contributed by atoms with van der Waals surface area (Å²) in [5, 5.41) is 0. The van der Waals surface area contributed by atoms with Gasteiger partial charge in [0.2, 0.25) is 0 Å². The maximum Gasteiger partial charge on any atom is 0.330 e. The molecule has 2 aliphatic carbocycles. The monoisotopic (exact) mass is 178 g/mol. The number of carbonyl (C=O) groups excluding carboxylic acids is 2. The first-order chi connectivity index (χ1) is 6.22. The minimum atomic E-state index is -0.440. The highest BCUT2D eigenvalue weighted by Crippen LogP contribution is 2.40. The summed E-state index contributed by atoms with van der Waals surface area (Å²) in [7, 11) is 1.31. The van der Waals surface area contributed by atoms with E-state index in [9.17, 15) is 9.59 Å². The van der Waals surface area contributed by atoms with Gasteiger partial charge in [0.25, 0.3) is 0 Å². The summed E-state index contributed by atoms with van der Waals surface area (Å²) in [4.78, 5) is 22.4. The van der Waals surface area contributed by atoms with Crippen molar-refractivity contribution < 1.29 is 14.3 Å². The molecule has 2 atom stereocenters. The number of fused-ring (bicyclic) bond motifs is 2. The van der Waals surface area contributed by atoms with E-state index in [1.54, 1.807) is 0 Å². The average molecular weight is 178 g/mol. The number of methoxy groups -OCH3 is 1. The van der Waals surface area contributed by atoms with Gasteiger partial charge in [-0.1, -0.05) is 12.2 Å². The smallest absolute Gasteiger partial charge is 0.330 e. The molecule has 0 aromatic rings. The zero-order valence-corrected chi connectivity index (χ0v) is 7.32. The van der Waals surface area contributed by atoms with E-state index >= 15 is 0 Å². The molecule has 2 unspecified atom stereocenters. The van der Waals surface area contributed by atoms with E-state index in [1.165, 1.54) is 13.2 Å². The van der Waals surface area contributed by atoms with Gasteiger partial charge in [-0.25, -0.2) is 4.79 Å². The van der Waals surface area contributed by atoms with Crippen LogP contribution in [0.2, 0.25) is 0 Å². The fourth-order valence-electron chi connectivity index (χ4n) is 1.88. The minimum Gasteiger partial charge on any atom is -0.466 e. The summed E-state index contributed by atoms with van der Waals surface area (Å²) in [5.41, 5.74) is 0.611. The van der Waals surface area contributed by atoms with Crippen LogP contribution in [0.1, 0.15) is 6.42 Å². The average Bonchev–Trinajstić information content (AvgIpc) is 2.69. The van der Waals surface area contributed by atoms with Crippen LogP contribution >= 0.6 is 0 Å². The minimum absolute atomic E-state index is 0.0147. The molecule has 1 saturated carbocycles. The summed E-state index contributed by atoms with van der Waals surface area (Å²) in [6.45, 7) is 0. The Morgan fingerprint density at radius 3 is 2.77 bits per heavy atom. The number of carbonyl (C=O) groups is 2. The third-order valence-electron chi connectivity index (χ3n) is 2.58. The summed E-state index contributed by atoms with van der Waals surface area (Å²) in [6, 6.07) is 0. The number of ether oxygens (including phenoxy) is 1. The molecule has 0 N–H and O–H groups in total. The normalized spacial score (nSPS) is 33.0. The number of rotatable bonds is 1. The molecule has 0 aliphatic heterocycles. The lowest BCUT2D eigenvalue weighted by Gasteiger charge is -2.05. The second-order valence-corrected chi connectivity index (χ2v) is 3.32. The highest BCUT2D eigenvalue weighted by molar-refractivity contribution is 6.06. The van der Waals surface area contributed by atoms with Crippen LogP contribution in [0.3, 0.4) is 0 Å². The van der Waals surface area contributed by atoms with Crippen molar-refractivity contribution in [3.05, 3.63) is 23.8 Å². The quantitative estimate of drug-likeness (QED) is 0.340. The van der Waals surface area contributed by atoms with Crippen molar-refractivity contribution in [3.8, 4) is 0 Å². The SMILES string of the molecule is COC(=O)/C=C1/C(=O)C2C=CC1C2. The maximum absolute atomic E-state index is 11.5. The molecular formula is C10H10O3. The molecule has 0 heterocycles. The van der Waals surface area contributed by atoms with E-state index in [0.29, 0.717) is 5.57 Å². The Bertz CT molecular complexity index is 325. The zero-order valence-electron chi connectivity index (χ0n) is 7.32. The first-order valence-corrected chi connectivity index (χ1v) is 4.24. The van der Waals surface area contributed by atoms with Crippen molar-refractivity contribution in [2.45, 2.75) is 6.42 Å². The van der Waals surface area contributed by atoms with Crippen LogP contribution in [-0.4, -0.2) is 18.9 Å². The molecule has 0 spiro atoms. The number of ketones is 1. The molecule has 3 nitrogen and oxygen atoms in total. The second kappa shape index (κ2) is 2.83. The van der Waals surface area contributed by atoms with Gasteiger partial charge >= 0.3 is 5.97 Å². The van der Waals surface area contributed by atoms with Gasteiger partial charge in [0.05, 0.1) is 7.11 Å². The van der Waals surface area contributed by atoms with E-state index in [4.69, 9.17) is 0 Å². The van der Waals surface area contributed by atoms with Gasteiger partial charge in [0, 0.05) is 23.5 Å². The molecular weight excluding hydrogens is 168 g/mol. The number of hydrogen-bond acceptors (Lipinski definition) is 3. The summed E-state index contributed by atoms with van der Waals surface area (Å²) >= 11 is 0. The molecule has 2 rings (SSSR count). The van der Waals surface area contributed by atoms with Crippen LogP contribution in [0.4, 0.5) is 0 Å². The Labute approximate surface area is 76.1 Å². The number of esters is 1. The molecule has 0 aromatic carbocycles. The fourth-order valence-corrected chi connectivity index (χ4v) is 1.88. The fraction of sp³-hybridized carbons (Fsp3) is 0.400. The van der Waals surface area contributed by atoms with Crippen LogP contribution in [0.5, 0.6) is 0 Å². The van der Waals surface area contributed by atoms with Crippen LogP contribution < -0.4 is 0 Å². The largest absolute Gasteiger partial charge is 0.466 e. The Balaban J connectivity index is 2.26. The molecule has 3 heteroatoms. The van der Waals surface area contributed by atoms with Gasteiger partial charge in [-0.3, -0.25) is 4.79 Å². The topological polar surface area (TPSA) is 43.4 Å². The maximum atomic E-state index is 11.5. The van der Waals surface area contributed by atoms with Gasteiger partial charge in [-0.05, 0) is 6.42 Å². The Morgan fingerprint density at radius 2 is 2.23 bits per heavy atom. The van der Waals surface area contributed by atoms with Crippen LogP contribution in [0.15, 0.2) is 23.8 Å². The Morgan fingerprint density at radius 1 is 1.54 bits per heavy atom. The standard InChI is InChI=1S/C10H10O3/c1-13-9(11)5-8-6-2-3-7(4-6)10(8)12/h2-3,5-7H,4H2,1H3/b8-5+. The van der Waals surface area contributed by atoms with Crippen LogP contribution in [0, 0.1) is 11.8 Å². The van der Waals surface area contributed by atoms with Crippen molar-refractivity contribution in [3.63, 3.8) is 0 Å². The van der Waals surface area contributed by atoms with Gasteiger partial charge in [0.1, 0.15) is 0 Å². The van der Waals surface area contributed by atoms with Crippen LogP contribution in [-0.2, 0) is 14.3 Å². The van der Waals surface area contributed by atoms with Crippen molar-refractivity contribution in [2.24, 2.45) is 11.8 Å². The highest BCUT2D eigenvalue weighted by atomic mass is 16.5. The highest BCUT2D eigenvalue weighted by Gasteiger charge is 2.39. The van der Waals surface area contributed by atoms with E-state index < -0.39 is 5.97 Å². The van der Waals surface area contributed by atoms with Crippen molar-refractivity contribution in [2.75, 3.05) is 7.11 Å². The summed E-state index contributed by atoms with van der Waals surface area (Å²) in [6.07, 6.45) is 6.06. The van der Waals surface area contributed by atoms with Crippen molar-refractivity contribution in [1.29, 1.82) is 0 Å². The zero-order chi connectivity index (χ0) is 9.42. The molecule has 0 saturated heterocycles. The van der Waals surface area contributed by atoms with E-state index in [-0.39, 0.29) is 17.6 Å². The molecule has 0 radical (unpaired) electrons. The van der Waals surface area contributed by atoms with E-state index in [0.717, 1.165) is 6.42 Å². The second-order valence-electron chi connectivity index (χ2n) is 3.32. The van der Waals surface area contributed by atoms with Gasteiger partial charge < -0.3 is 4.74 Å². The lowest BCUT2D eigenvalue weighted by molar-refractivity contribution is -0.135. The molecule has 68 valence electrons. The first-order valence-electron chi connectivity index (χ1n) is 4.24. The third-order valence-corrected chi connectivity index (χ3v) is 2.58. The molecule has 13 heavy (non-hydrogen) atoms. The predicted octanol–water partition coefficient (Wildman–Crippen LogP) is 0.861. The predicted molar refractivity (Wildman–Crippen MR) is 45.8 cm³/mol. The summed E-state index contributed by atoms with van der Waals surface area (Å²) in [5.74, 6) is -0.195. The Hall–Kier alpha value is -1.38. The van der Waals surface area contributed by atoms with Gasteiger partial charge in [-0.2, -0.15) is 0 Å². The van der Waals surface area contributed by atoms with Gasteiger partial charge in [-0.15, -0.1) is 0 Å². The van der Waals surface area contributed by atoms with E-state index in [1.807, 2.05) is 12.2 Å². The molecule has 2 bridgehead atoms. The lowest BCUT2D eigenvalue weighted by Crippen LogP contribution is -2.10. The number of Topliss-reactive ketones (excluding diaryl/α,β-unsaturated/α-hetero) is 1. The number of allylic oxidation sites excluding steroid dienone is 3. The van der Waals surface area contributed by atoms with Gasteiger partial charge in [0.15, 0.2) is 5.78 Å². The van der Waals surface area contributed by atoms with Crippen molar-refractivity contribution in [1.82, 2.24) is 0 Å². The van der Waals surface area contributed by atoms with Crippen molar-refractivity contribution >= 4 is 11.8 Å². The lowest BCUT2D eigenvalue weighted by atomic mass is 9.99. The first kappa shape index (κ1) is 8.23. The summed E-state index contributed by atoms with van der Waals surface area (Å²) < 4.78 is 4.48. The third kappa shape index (κ3) is 1.20. The molecule has 0 aromatic heterocycles. The van der Waals surface area contributed by atoms with E-state index in [2.05, 4.69) is 4.74 Å². The Kier molecular flexibility index (Phi) is 1.79. The molecule has 0 amide bonds.